The molecule has 0 saturated carbocycles. The SMILES string of the molecule is COc1cc(OC)c(OC)cc1CNC(=O)C1CCCN(C(=O)Nc2cccc(C)c2)C1. The average Bonchev–Trinajstić information content (AvgIpc) is 2.81. The van der Waals surface area contributed by atoms with E-state index in [9.17, 15) is 9.59 Å². The highest BCUT2D eigenvalue weighted by Crippen LogP contribution is 2.34. The fourth-order valence-electron chi connectivity index (χ4n) is 3.86. The van der Waals surface area contributed by atoms with Crippen LogP contribution < -0.4 is 24.8 Å². The molecule has 0 aromatic heterocycles. The standard InChI is InChI=1S/C24H31N3O5/c1-16-7-5-9-19(11-16)26-24(29)27-10-6-8-17(15-27)23(28)25-14-18-12-21(31-3)22(32-4)13-20(18)30-2/h5,7,9,11-13,17H,6,8,10,14-15H2,1-4H3,(H,25,28)(H,26,29). The first kappa shape index (κ1) is 23.2. The molecule has 3 amide bonds. The molecule has 172 valence electrons. The molecular formula is C24H31N3O5. The predicted octanol–water partition coefficient (Wildman–Crippen LogP) is 3.58. The van der Waals surface area contributed by atoms with Crippen molar-refractivity contribution >= 4 is 17.6 Å². The molecule has 2 aromatic carbocycles. The summed E-state index contributed by atoms with van der Waals surface area (Å²) in [6, 6.07) is 11.0. The Morgan fingerprint density at radius 3 is 2.44 bits per heavy atom. The van der Waals surface area contributed by atoms with E-state index in [0.717, 1.165) is 29.7 Å². The fourth-order valence-corrected chi connectivity index (χ4v) is 3.86. The van der Waals surface area contributed by atoms with Crippen LogP contribution in [-0.4, -0.2) is 51.3 Å². The van der Waals surface area contributed by atoms with Gasteiger partial charge in [0.1, 0.15) is 5.75 Å². The number of methoxy groups -OCH3 is 3. The monoisotopic (exact) mass is 441 g/mol. The molecule has 1 atom stereocenters. The van der Waals surface area contributed by atoms with Crippen LogP contribution in [0.4, 0.5) is 10.5 Å². The number of hydrogen-bond donors (Lipinski definition) is 2. The molecule has 1 aliphatic rings. The number of benzene rings is 2. The van der Waals surface area contributed by atoms with Gasteiger partial charge in [-0.1, -0.05) is 12.1 Å². The molecule has 1 aliphatic heterocycles. The average molecular weight is 442 g/mol. The zero-order valence-electron chi connectivity index (χ0n) is 19.1. The van der Waals surface area contributed by atoms with E-state index in [2.05, 4.69) is 10.6 Å². The third-order valence-electron chi connectivity index (χ3n) is 5.59. The lowest BCUT2D eigenvalue weighted by molar-refractivity contribution is -0.126. The minimum absolute atomic E-state index is 0.0881. The maximum absolute atomic E-state index is 12.9. The van der Waals surface area contributed by atoms with Gasteiger partial charge in [-0.3, -0.25) is 4.79 Å². The van der Waals surface area contributed by atoms with Crippen LogP contribution in [0.3, 0.4) is 0 Å². The number of urea groups is 1. The van der Waals surface area contributed by atoms with Gasteiger partial charge in [0, 0.05) is 37.0 Å². The van der Waals surface area contributed by atoms with Gasteiger partial charge in [0.15, 0.2) is 11.5 Å². The Morgan fingerprint density at radius 1 is 1.03 bits per heavy atom. The largest absolute Gasteiger partial charge is 0.496 e. The molecule has 8 heteroatoms. The van der Waals surface area contributed by atoms with Crippen molar-refractivity contribution in [2.75, 3.05) is 39.7 Å². The highest BCUT2D eigenvalue weighted by molar-refractivity contribution is 5.90. The van der Waals surface area contributed by atoms with Crippen LogP contribution in [0.15, 0.2) is 36.4 Å². The Hall–Kier alpha value is -3.42. The van der Waals surface area contributed by atoms with Crippen molar-refractivity contribution in [1.82, 2.24) is 10.2 Å². The lowest BCUT2D eigenvalue weighted by atomic mass is 9.97. The van der Waals surface area contributed by atoms with E-state index in [-0.39, 0.29) is 24.4 Å². The first-order valence-corrected chi connectivity index (χ1v) is 10.6. The van der Waals surface area contributed by atoms with Gasteiger partial charge in [-0.2, -0.15) is 0 Å². The lowest BCUT2D eigenvalue weighted by Crippen LogP contribution is -2.46. The van der Waals surface area contributed by atoms with Gasteiger partial charge in [-0.15, -0.1) is 0 Å². The van der Waals surface area contributed by atoms with E-state index in [1.54, 1.807) is 38.4 Å². The Bertz CT molecular complexity index is 963. The molecule has 8 nitrogen and oxygen atoms in total. The summed E-state index contributed by atoms with van der Waals surface area (Å²) in [6.45, 7) is 3.27. The van der Waals surface area contributed by atoms with Crippen LogP contribution in [0.1, 0.15) is 24.0 Å². The maximum atomic E-state index is 12.9. The third-order valence-corrected chi connectivity index (χ3v) is 5.59. The molecule has 0 radical (unpaired) electrons. The van der Waals surface area contributed by atoms with E-state index in [1.807, 2.05) is 31.2 Å². The molecular weight excluding hydrogens is 410 g/mol. The maximum Gasteiger partial charge on any atom is 0.321 e. The van der Waals surface area contributed by atoms with Crippen LogP contribution in [0.25, 0.3) is 0 Å². The zero-order valence-corrected chi connectivity index (χ0v) is 19.1. The zero-order chi connectivity index (χ0) is 23.1. The lowest BCUT2D eigenvalue weighted by Gasteiger charge is -2.32. The Labute approximate surface area is 188 Å². The van der Waals surface area contributed by atoms with Gasteiger partial charge in [-0.05, 0) is 43.5 Å². The summed E-state index contributed by atoms with van der Waals surface area (Å²) in [7, 11) is 4.69. The van der Waals surface area contributed by atoms with Crippen LogP contribution in [0.5, 0.6) is 17.2 Å². The molecule has 1 fully saturated rings. The Kier molecular flexibility index (Phi) is 7.81. The number of carbonyl (C=O) groups excluding carboxylic acids is 2. The normalized spacial score (nSPS) is 15.6. The van der Waals surface area contributed by atoms with Gasteiger partial charge < -0.3 is 29.7 Å². The number of ether oxygens (including phenoxy) is 3. The van der Waals surface area contributed by atoms with E-state index >= 15 is 0 Å². The summed E-state index contributed by atoms with van der Waals surface area (Å²) in [4.78, 5) is 27.2. The fraction of sp³-hybridized carbons (Fsp3) is 0.417. The quantitative estimate of drug-likeness (QED) is 0.686. The molecule has 2 aromatic rings. The Balaban J connectivity index is 1.60. The summed E-state index contributed by atoms with van der Waals surface area (Å²) < 4.78 is 16.1. The van der Waals surface area contributed by atoms with Crippen molar-refractivity contribution in [1.29, 1.82) is 0 Å². The first-order valence-electron chi connectivity index (χ1n) is 10.6. The number of aryl methyl sites for hydroxylation is 1. The summed E-state index contributed by atoms with van der Waals surface area (Å²) >= 11 is 0. The van der Waals surface area contributed by atoms with Crippen molar-refractivity contribution in [2.45, 2.75) is 26.3 Å². The second-order valence-corrected chi connectivity index (χ2v) is 7.82. The number of nitrogens with zero attached hydrogens (tertiary/aromatic N) is 1. The van der Waals surface area contributed by atoms with Gasteiger partial charge in [-0.25, -0.2) is 4.79 Å². The minimum Gasteiger partial charge on any atom is -0.496 e. The van der Waals surface area contributed by atoms with Gasteiger partial charge in [0.25, 0.3) is 0 Å². The van der Waals surface area contributed by atoms with Crippen LogP contribution in [-0.2, 0) is 11.3 Å². The van der Waals surface area contributed by atoms with E-state index < -0.39 is 0 Å². The molecule has 0 aliphatic carbocycles. The number of hydrogen-bond acceptors (Lipinski definition) is 5. The molecule has 1 unspecified atom stereocenters. The van der Waals surface area contributed by atoms with Gasteiger partial charge >= 0.3 is 6.03 Å². The van der Waals surface area contributed by atoms with Gasteiger partial charge in [0.05, 0.1) is 27.2 Å². The molecule has 1 saturated heterocycles. The minimum atomic E-state index is -0.266. The molecule has 0 spiro atoms. The highest BCUT2D eigenvalue weighted by atomic mass is 16.5. The van der Waals surface area contributed by atoms with Crippen molar-refractivity contribution in [3.05, 3.63) is 47.5 Å². The molecule has 2 N–H and O–H groups in total. The smallest absolute Gasteiger partial charge is 0.321 e. The van der Waals surface area contributed by atoms with Crippen molar-refractivity contribution in [3.8, 4) is 17.2 Å². The molecule has 32 heavy (non-hydrogen) atoms. The van der Waals surface area contributed by atoms with Crippen molar-refractivity contribution < 1.29 is 23.8 Å². The van der Waals surface area contributed by atoms with E-state index in [1.165, 1.54) is 0 Å². The number of anilines is 1. The first-order chi connectivity index (χ1) is 15.4. The number of rotatable bonds is 7. The third kappa shape index (κ3) is 5.63. The molecule has 3 rings (SSSR count). The van der Waals surface area contributed by atoms with E-state index in [0.29, 0.717) is 30.3 Å². The van der Waals surface area contributed by atoms with E-state index in [4.69, 9.17) is 14.2 Å². The van der Waals surface area contributed by atoms with Crippen molar-refractivity contribution in [3.63, 3.8) is 0 Å². The number of nitrogens with one attached hydrogen (secondary N) is 2. The second-order valence-electron chi connectivity index (χ2n) is 7.82. The summed E-state index contributed by atoms with van der Waals surface area (Å²) in [6.07, 6.45) is 1.52. The molecule has 1 heterocycles. The second kappa shape index (κ2) is 10.7. The van der Waals surface area contributed by atoms with Gasteiger partial charge in [0.2, 0.25) is 5.91 Å². The van der Waals surface area contributed by atoms with Crippen molar-refractivity contribution in [2.24, 2.45) is 5.92 Å². The number of amides is 3. The summed E-state index contributed by atoms with van der Waals surface area (Å²) in [5.41, 5.74) is 2.61. The highest BCUT2D eigenvalue weighted by Gasteiger charge is 2.28. The summed E-state index contributed by atoms with van der Waals surface area (Å²) in [5, 5.41) is 5.90. The Morgan fingerprint density at radius 2 is 1.75 bits per heavy atom. The van der Waals surface area contributed by atoms with Crippen LogP contribution >= 0.6 is 0 Å². The van der Waals surface area contributed by atoms with Crippen LogP contribution in [0.2, 0.25) is 0 Å². The molecule has 0 bridgehead atoms. The topological polar surface area (TPSA) is 89.1 Å². The predicted molar refractivity (Wildman–Crippen MR) is 122 cm³/mol. The number of carbonyl (C=O) groups is 2. The van der Waals surface area contributed by atoms with Crippen LogP contribution in [0, 0.1) is 12.8 Å². The number of likely N-dealkylation sites (tertiary alicyclic amines) is 1. The summed E-state index contributed by atoms with van der Waals surface area (Å²) in [5.74, 6) is 1.37. The number of piperidine rings is 1.